The van der Waals surface area contributed by atoms with Gasteiger partial charge in [0.25, 0.3) is 0 Å². The summed E-state index contributed by atoms with van der Waals surface area (Å²) in [6.45, 7) is 8.70. The molecule has 1 atom stereocenters. The van der Waals surface area contributed by atoms with Crippen LogP contribution in [0.4, 0.5) is 5.69 Å². The van der Waals surface area contributed by atoms with Crippen LogP contribution < -0.4 is 15.8 Å². The first-order valence-corrected chi connectivity index (χ1v) is 6.41. The van der Waals surface area contributed by atoms with E-state index in [4.69, 9.17) is 22.7 Å². The average Bonchev–Trinajstić information content (AvgIpc) is 2.27. The summed E-state index contributed by atoms with van der Waals surface area (Å²) in [5.41, 5.74) is 7.66. The monoisotopic (exact) mass is 266 g/mol. The van der Waals surface area contributed by atoms with E-state index >= 15 is 0 Å². The van der Waals surface area contributed by atoms with Crippen LogP contribution in [0, 0.1) is 5.41 Å². The van der Waals surface area contributed by atoms with Crippen LogP contribution >= 0.6 is 12.2 Å². The molecule has 1 rings (SSSR count). The van der Waals surface area contributed by atoms with Crippen molar-refractivity contribution >= 4 is 22.9 Å². The quantitative estimate of drug-likeness (QED) is 0.822. The van der Waals surface area contributed by atoms with E-state index in [1.165, 1.54) is 0 Å². The summed E-state index contributed by atoms with van der Waals surface area (Å²) in [4.78, 5) is 0.390. The van der Waals surface area contributed by atoms with Gasteiger partial charge in [-0.1, -0.05) is 33.0 Å². The maximum absolute atomic E-state index is 5.74. The van der Waals surface area contributed by atoms with Crippen LogP contribution in [0.25, 0.3) is 0 Å². The van der Waals surface area contributed by atoms with E-state index in [0.717, 1.165) is 17.0 Å². The molecule has 0 aromatic heterocycles. The lowest BCUT2D eigenvalue weighted by Gasteiger charge is -2.30. The van der Waals surface area contributed by atoms with E-state index in [0.29, 0.717) is 4.99 Å². The molecule has 0 heterocycles. The van der Waals surface area contributed by atoms with E-state index < -0.39 is 0 Å². The number of hydrogen-bond acceptors (Lipinski definition) is 3. The van der Waals surface area contributed by atoms with Crippen LogP contribution in [0.5, 0.6) is 5.75 Å². The third-order valence-corrected chi connectivity index (χ3v) is 3.38. The van der Waals surface area contributed by atoms with Gasteiger partial charge in [-0.05, 0) is 24.5 Å². The van der Waals surface area contributed by atoms with Crippen LogP contribution in [0.2, 0.25) is 0 Å². The molecule has 0 radical (unpaired) electrons. The first kappa shape index (κ1) is 14.8. The second kappa shape index (κ2) is 5.57. The summed E-state index contributed by atoms with van der Waals surface area (Å²) < 4.78 is 5.23. The van der Waals surface area contributed by atoms with Gasteiger partial charge in [-0.2, -0.15) is 0 Å². The maximum atomic E-state index is 5.74. The molecule has 4 heteroatoms. The third kappa shape index (κ3) is 3.60. The van der Waals surface area contributed by atoms with Crippen molar-refractivity contribution in [3.05, 3.63) is 23.8 Å². The average molecular weight is 266 g/mol. The Kier molecular flexibility index (Phi) is 4.57. The first-order chi connectivity index (χ1) is 8.25. The molecule has 0 fully saturated rings. The van der Waals surface area contributed by atoms with Gasteiger partial charge in [-0.15, -0.1) is 0 Å². The second-order valence-corrected chi connectivity index (χ2v) is 5.95. The molecule has 0 saturated carbocycles. The van der Waals surface area contributed by atoms with Crippen molar-refractivity contribution in [3.8, 4) is 5.75 Å². The fourth-order valence-electron chi connectivity index (χ4n) is 1.43. The van der Waals surface area contributed by atoms with Crippen LogP contribution in [0.15, 0.2) is 18.2 Å². The number of nitrogens with one attached hydrogen (secondary N) is 1. The van der Waals surface area contributed by atoms with Crippen molar-refractivity contribution in [1.82, 2.24) is 0 Å². The molecular weight excluding hydrogens is 244 g/mol. The van der Waals surface area contributed by atoms with Crippen LogP contribution in [-0.4, -0.2) is 18.1 Å². The summed E-state index contributed by atoms with van der Waals surface area (Å²) in [5.74, 6) is 0.790. The van der Waals surface area contributed by atoms with Crippen LogP contribution in [0.3, 0.4) is 0 Å². The molecule has 0 aliphatic rings. The molecule has 0 aliphatic heterocycles. The van der Waals surface area contributed by atoms with E-state index in [9.17, 15) is 0 Å². The van der Waals surface area contributed by atoms with Crippen molar-refractivity contribution in [1.29, 1.82) is 0 Å². The SMILES string of the molecule is COc1ccc(C(N)=S)c(NC(C)C(C)(C)C)c1. The summed E-state index contributed by atoms with van der Waals surface area (Å²) in [7, 11) is 1.65. The molecule has 1 aromatic carbocycles. The van der Waals surface area contributed by atoms with Crippen molar-refractivity contribution < 1.29 is 4.74 Å². The van der Waals surface area contributed by atoms with Crippen molar-refractivity contribution in [2.75, 3.05) is 12.4 Å². The lowest BCUT2D eigenvalue weighted by atomic mass is 9.88. The fraction of sp³-hybridized carbons (Fsp3) is 0.500. The molecule has 3 nitrogen and oxygen atoms in total. The standard InChI is InChI=1S/C14H22N2OS/c1-9(14(2,3)4)16-12-8-10(17-5)6-7-11(12)13(15)18/h6-9,16H,1-5H3,(H2,15,18). The van der Waals surface area contributed by atoms with Crippen LogP contribution in [0.1, 0.15) is 33.3 Å². The largest absolute Gasteiger partial charge is 0.497 e. The number of hydrogen-bond donors (Lipinski definition) is 2. The van der Waals surface area contributed by atoms with Crippen molar-refractivity contribution in [3.63, 3.8) is 0 Å². The first-order valence-electron chi connectivity index (χ1n) is 6.00. The van der Waals surface area contributed by atoms with E-state index in [1.807, 2.05) is 18.2 Å². The lowest BCUT2D eigenvalue weighted by Crippen LogP contribution is -2.31. The predicted octanol–water partition coefficient (Wildman–Crippen LogP) is 3.18. The zero-order valence-electron chi connectivity index (χ0n) is 11.7. The molecule has 0 amide bonds. The predicted molar refractivity (Wildman–Crippen MR) is 81.4 cm³/mol. The van der Waals surface area contributed by atoms with E-state index in [-0.39, 0.29) is 11.5 Å². The summed E-state index contributed by atoms with van der Waals surface area (Å²) in [5, 5.41) is 3.46. The van der Waals surface area contributed by atoms with Gasteiger partial charge in [-0.3, -0.25) is 0 Å². The third-order valence-electron chi connectivity index (χ3n) is 3.16. The number of methoxy groups -OCH3 is 1. The molecule has 0 spiro atoms. The Balaban J connectivity index is 3.08. The minimum absolute atomic E-state index is 0.149. The van der Waals surface area contributed by atoms with Gasteiger partial charge in [0.05, 0.1) is 7.11 Å². The molecular formula is C14H22N2OS. The van der Waals surface area contributed by atoms with Gasteiger partial charge in [0, 0.05) is 23.4 Å². The minimum atomic E-state index is 0.149. The number of ether oxygens (including phenoxy) is 1. The van der Waals surface area contributed by atoms with Gasteiger partial charge in [0.1, 0.15) is 10.7 Å². The summed E-state index contributed by atoms with van der Waals surface area (Å²) in [6, 6.07) is 5.97. The summed E-state index contributed by atoms with van der Waals surface area (Å²) >= 11 is 5.07. The zero-order valence-corrected chi connectivity index (χ0v) is 12.5. The smallest absolute Gasteiger partial charge is 0.120 e. The second-order valence-electron chi connectivity index (χ2n) is 5.51. The number of thiocarbonyl (C=S) groups is 1. The molecule has 0 aliphatic carbocycles. The summed E-state index contributed by atoms with van der Waals surface area (Å²) in [6.07, 6.45) is 0. The van der Waals surface area contributed by atoms with Gasteiger partial charge >= 0.3 is 0 Å². The van der Waals surface area contributed by atoms with Crippen molar-refractivity contribution in [2.24, 2.45) is 11.1 Å². The Morgan fingerprint density at radius 2 is 2.00 bits per heavy atom. The Bertz CT molecular complexity index is 438. The van der Waals surface area contributed by atoms with Crippen molar-refractivity contribution in [2.45, 2.75) is 33.7 Å². The van der Waals surface area contributed by atoms with Gasteiger partial charge < -0.3 is 15.8 Å². The molecule has 0 saturated heterocycles. The fourth-order valence-corrected chi connectivity index (χ4v) is 1.61. The van der Waals surface area contributed by atoms with Gasteiger partial charge in [-0.25, -0.2) is 0 Å². The minimum Gasteiger partial charge on any atom is -0.497 e. The molecule has 1 aromatic rings. The van der Waals surface area contributed by atoms with Gasteiger partial charge in [0.15, 0.2) is 0 Å². The highest BCUT2D eigenvalue weighted by Crippen LogP contribution is 2.27. The zero-order chi connectivity index (χ0) is 13.9. The normalized spacial score (nSPS) is 12.9. The molecule has 100 valence electrons. The highest BCUT2D eigenvalue weighted by atomic mass is 32.1. The number of rotatable bonds is 4. The van der Waals surface area contributed by atoms with Gasteiger partial charge in [0.2, 0.25) is 0 Å². The topological polar surface area (TPSA) is 47.3 Å². The molecule has 18 heavy (non-hydrogen) atoms. The molecule has 3 N–H and O–H groups in total. The highest BCUT2D eigenvalue weighted by Gasteiger charge is 2.21. The lowest BCUT2D eigenvalue weighted by molar-refractivity contribution is 0.359. The van der Waals surface area contributed by atoms with E-state index in [2.05, 4.69) is 33.0 Å². The molecule has 1 unspecified atom stereocenters. The maximum Gasteiger partial charge on any atom is 0.120 e. The Hall–Kier alpha value is -1.29. The Morgan fingerprint density at radius 3 is 2.44 bits per heavy atom. The molecule has 0 bridgehead atoms. The number of benzene rings is 1. The number of nitrogens with two attached hydrogens (primary N) is 1. The Morgan fingerprint density at radius 1 is 1.39 bits per heavy atom. The highest BCUT2D eigenvalue weighted by molar-refractivity contribution is 7.80. The Labute approximate surface area is 115 Å². The number of anilines is 1. The van der Waals surface area contributed by atoms with Crippen LogP contribution in [-0.2, 0) is 0 Å². The van der Waals surface area contributed by atoms with E-state index in [1.54, 1.807) is 7.11 Å².